The van der Waals surface area contributed by atoms with Gasteiger partial charge in [-0.1, -0.05) is 35.2 Å². The molecule has 0 saturated carbocycles. The van der Waals surface area contributed by atoms with Gasteiger partial charge >= 0.3 is 0 Å². The van der Waals surface area contributed by atoms with Gasteiger partial charge in [-0.2, -0.15) is 0 Å². The highest BCUT2D eigenvalue weighted by Gasteiger charge is 2.10. The average molecular weight is 334 g/mol. The van der Waals surface area contributed by atoms with Gasteiger partial charge in [0, 0.05) is 18.8 Å². The van der Waals surface area contributed by atoms with Crippen LogP contribution in [0.1, 0.15) is 0 Å². The number of hydrogen-bond donors (Lipinski definition) is 2. The number of para-hydroxylation sites is 1. The average Bonchev–Trinajstić information content (AvgIpc) is 2.42. The quantitative estimate of drug-likeness (QED) is 0.538. The number of benzene rings is 1. The highest BCUT2D eigenvalue weighted by molar-refractivity contribution is 7.99. The molecule has 0 heterocycles. The highest BCUT2D eigenvalue weighted by Crippen LogP contribution is 2.32. The SMILES string of the molecule is C#CCSCCNCC(O)COc1c(Cl)cccc1Cl. The van der Waals surface area contributed by atoms with E-state index in [9.17, 15) is 5.11 Å². The molecule has 0 radical (unpaired) electrons. The van der Waals surface area contributed by atoms with Crippen molar-refractivity contribution in [3.05, 3.63) is 28.2 Å². The van der Waals surface area contributed by atoms with E-state index >= 15 is 0 Å². The van der Waals surface area contributed by atoms with Gasteiger partial charge in [-0.25, -0.2) is 0 Å². The van der Waals surface area contributed by atoms with Gasteiger partial charge in [-0.05, 0) is 12.1 Å². The number of thioether (sulfide) groups is 1. The van der Waals surface area contributed by atoms with E-state index in [1.54, 1.807) is 30.0 Å². The number of hydrogen-bond acceptors (Lipinski definition) is 4. The molecule has 0 saturated heterocycles. The van der Waals surface area contributed by atoms with Gasteiger partial charge in [-0.15, -0.1) is 18.2 Å². The van der Waals surface area contributed by atoms with Crippen LogP contribution < -0.4 is 10.1 Å². The molecule has 3 nitrogen and oxygen atoms in total. The van der Waals surface area contributed by atoms with Crippen molar-refractivity contribution in [2.45, 2.75) is 6.10 Å². The smallest absolute Gasteiger partial charge is 0.156 e. The summed E-state index contributed by atoms with van der Waals surface area (Å²) in [4.78, 5) is 0. The molecule has 110 valence electrons. The molecule has 20 heavy (non-hydrogen) atoms. The van der Waals surface area contributed by atoms with Gasteiger partial charge in [0.2, 0.25) is 0 Å². The zero-order chi connectivity index (χ0) is 14.8. The van der Waals surface area contributed by atoms with Crippen molar-refractivity contribution in [2.24, 2.45) is 0 Å². The summed E-state index contributed by atoms with van der Waals surface area (Å²) in [6.07, 6.45) is 4.52. The molecule has 1 rings (SSSR count). The maximum Gasteiger partial charge on any atom is 0.156 e. The molecular formula is C14H17Cl2NO2S. The largest absolute Gasteiger partial charge is 0.488 e. The van der Waals surface area contributed by atoms with Crippen molar-refractivity contribution < 1.29 is 9.84 Å². The predicted molar refractivity (Wildman–Crippen MR) is 87.0 cm³/mol. The first-order chi connectivity index (χ1) is 9.65. The lowest BCUT2D eigenvalue weighted by Crippen LogP contribution is -2.32. The minimum absolute atomic E-state index is 0.133. The second kappa shape index (κ2) is 10.2. The topological polar surface area (TPSA) is 41.5 Å². The Bertz CT molecular complexity index is 431. The van der Waals surface area contributed by atoms with Crippen LogP contribution >= 0.6 is 35.0 Å². The molecule has 0 aromatic heterocycles. The number of rotatable bonds is 9. The standard InChI is InChI=1S/C14H17Cl2NO2S/c1-2-7-20-8-6-17-9-11(18)10-19-14-12(15)4-3-5-13(14)16/h1,3-5,11,17-18H,6-10H2. The van der Waals surface area contributed by atoms with E-state index in [0.717, 1.165) is 12.3 Å². The summed E-state index contributed by atoms with van der Waals surface area (Å²) >= 11 is 13.6. The number of terminal acetylenes is 1. The van der Waals surface area contributed by atoms with Crippen LogP contribution in [-0.2, 0) is 0 Å². The molecule has 0 fully saturated rings. The third-order valence-corrected chi connectivity index (χ3v) is 3.79. The summed E-state index contributed by atoms with van der Waals surface area (Å²) in [5, 5.41) is 13.8. The van der Waals surface area contributed by atoms with Crippen molar-refractivity contribution in [3.8, 4) is 18.1 Å². The molecule has 1 aromatic rings. The van der Waals surface area contributed by atoms with Gasteiger partial charge in [0.1, 0.15) is 12.7 Å². The second-order valence-corrected chi connectivity index (χ2v) is 5.90. The minimum Gasteiger partial charge on any atom is -0.488 e. The molecule has 0 spiro atoms. The van der Waals surface area contributed by atoms with E-state index in [-0.39, 0.29) is 6.61 Å². The van der Waals surface area contributed by atoms with Gasteiger partial charge in [-0.3, -0.25) is 0 Å². The number of ether oxygens (including phenoxy) is 1. The first-order valence-corrected chi connectivity index (χ1v) is 8.03. The van der Waals surface area contributed by atoms with Crippen LogP contribution in [0.4, 0.5) is 0 Å². The Labute approximate surface area is 134 Å². The fourth-order valence-corrected chi connectivity index (χ4v) is 2.46. The molecule has 0 bridgehead atoms. The number of halogens is 2. The van der Waals surface area contributed by atoms with E-state index < -0.39 is 6.10 Å². The van der Waals surface area contributed by atoms with Gasteiger partial charge in [0.05, 0.1) is 15.8 Å². The zero-order valence-electron chi connectivity index (χ0n) is 10.9. The molecule has 0 amide bonds. The Morgan fingerprint density at radius 2 is 2.10 bits per heavy atom. The van der Waals surface area contributed by atoms with Crippen molar-refractivity contribution in [2.75, 3.05) is 31.2 Å². The predicted octanol–water partition coefficient (Wildman–Crippen LogP) is 2.69. The van der Waals surface area contributed by atoms with Crippen LogP contribution in [0.25, 0.3) is 0 Å². The Hall–Kier alpha value is -0.570. The molecule has 2 N–H and O–H groups in total. The maximum absolute atomic E-state index is 9.78. The first-order valence-electron chi connectivity index (χ1n) is 6.12. The van der Waals surface area contributed by atoms with Crippen LogP contribution in [-0.4, -0.2) is 42.4 Å². The summed E-state index contributed by atoms with van der Waals surface area (Å²) in [5.41, 5.74) is 0. The maximum atomic E-state index is 9.78. The van der Waals surface area contributed by atoms with Crippen LogP contribution in [0, 0.1) is 12.3 Å². The van der Waals surface area contributed by atoms with Crippen molar-refractivity contribution in [3.63, 3.8) is 0 Å². The van der Waals surface area contributed by atoms with Crippen molar-refractivity contribution in [1.82, 2.24) is 5.32 Å². The third kappa shape index (κ3) is 6.74. The van der Waals surface area contributed by atoms with E-state index in [0.29, 0.717) is 28.1 Å². The van der Waals surface area contributed by atoms with Crippen LogP contribution in [0.3, 0.4) is 0 Å². The Morgan fingerprint density at radius 3 is 2.75 bits per heavy atom. The lowest BCUT2D eigenvalue weighted by Gasteiger charge is -2.14. The summed E-state index contributed by atoms with van der Waals surface area (Å²) in [6.45, 7) is 1.36. The van der Waals surface area contributed by atoms with Gasteiger partial charge in [0.15, 0.2) is 5.75 Å². The second-order valence-electron chi connectivity index (χ2n) is 3.98. The lowest BCUT2D eigenvalue weighted by molar-refractivity contribution is 0.107. The van der Waals surface area contributed by atoms with E-state index in [1.165, 1.54) is 0 Å². The molecule has 0 aliphatic carbocycles. The Balaban J connectivity index is 2.20. The Kier molecular flexibility index (Phi) is 8.92. The van der Waals surface area contributed by atoms with Crippen LogP contribution in [0.15, 0.2) is 18.2 Å². The van der Waals surface area contributed by atoms with Crippen molar-refractivity contribution in [1.29, 1.82) is 0 Å². The van der Waals surface area contributed by atoms with Crippen molar-refractivity contribution >= 4 is 35.0 Å². The normalized spacial score (nSPS) is 11.9. The molecule has 1 unspecified atom stereocenters. The molecule has 0 aliphatic rings. The molecule has 6 heteroatoms. The van der Waals surface area contributed by atoms with Gasteiger partial charge < -0.3 is 15.2 Å². The third-order valence-electron chi connectivity index (χ3n) is 2.33. The fourth-order valence-electron chi connectivity index (χ4n) is 1.40. The minimum atomic E-state index is -0.625. The number of aliphatic hydroxyl groups is 1. The molecule has 1 aromatic carbocycles. The van der Waals surface area contributed by atoms with E-state index in [4.69, 9.17) is 34.4 Å². The Morgan fingerprint density at radius 1 is 1.40 bits per heavy atom. The van der Waals surface area contributed by atoms with Crippen LogP contribution in [0.5, 0.6) is 5.75 Å². The summed E-state index contributed by atoms with van der Waals surface area (Å²) in [5.74, 6) is 4.58. The highest BCUT2D eigenvalue weighted by atomic mass is 35.5. The van der Waals surface area contributed by atoms with Gasteiger partial charge in [0.25, 0.3) is 0 Å². The monoisotopic (exact) mass is 333 g/mol. The van der Waals surface area contributed by atoms with Crippen LogP contribution in [0.2, 0.25) is 10.0 Å². The summed E-state index contributed by atoms with van der Waals surface area (Å²) in [7, 11) is 0. The first kappa shape index (κ1) is 17.5. The lowest BCUT2D eigenvalue weighted by atomic mass is 10.3. The molecular weight excluding hydrogens is 317 g/mol. The fraction of sp³-hybridized carbons (Fsp3) is 0.429. The molecule has 1 atom stereocenters. The summed E-state index contributed by atoms with van der Waals surface area (Å²) in [6, 6.07) is 5.12. The van der Waals surface area contributed by atoms with E-state index in [1.807, 2.05) is 0 Å². The zero-order valence-corrected chi connectivity index (χ0v) is 13.3. The van der Waals surface area contributed by atoms with E-state index in [2.05, 4.69) is 11.2 Å². The molecule has 0 aliphatic heterocycles. The summed E-state index contributed by atoms with van der Waals surface area (Å²) < 4.78 is 5.44. The number of nitrogens with one attached hydrogen (secondary N) is 1. The number of aliphatic hydroxyl groups excluding tert-OH is 1.